The first kappa shape index (κ1) is 21.5. The van der Waals surface area contributed by atoms with Gasteiger partial charge in [-0.3, -0.25) is 4.79 Å². The summed E-state index contributed by atoms with van der Waals surface area (Å²) < 4.78 is 22.2. The van der Waals surface area contributed by atoms with Gasteiger partial charge in [0.15, 0.2) is 5.78 Å². The molecule has 4 N–H and O–H groups in total. The van der Waals surface area contributed by atoms with E-state index < -0.39 is 43.4 Å². The molecule has 2 aromatic carbocycles. The maximum atomic E-state index is 12.6. The van der Waals surface area contributed by atoms with Crippen LogP contribution in [0, 0.1) is 0 Å². The van der Waals surface area contributed by atoms with Crippen LogP contribution in [0.15, 0.2) is 42.5 Å². The second-order valence-electron chi connectivity index (χ2n) is 7.48. The molecule has 4 rings (SSSR count). The van der Waals surface area contributed by atoms with Gasteiger partial charge < -0.3 is 39.4 Å². The van der Waals surface area contributed by atoms with Crippen molar-refractivity contribution in [1.82, 2.24) is 0 Å². The van der Waals surface area contributed by atoms with Gasteiger partial charge in [-0.1, -0.05) is 12.1 Å². The standard InChI is InChI=1S/C22H24O9/c1-28-12-4-2-11(3-5-12)16-9-15(24)14-7-6-13(8-17(14)30-16)29-22-21(27)20(26)19(25)18(10-23)31-22/h2-8,16,18-23,25-27H,9-10H2,1H3. The highest BCUT2D eigenvalue weighted by Gasteiger charge is 2.44. The van der Waals surface area contributed by atoms with Gasteiger partial charge in [-0.2, -0.15) is 0 Å². The third-order valence-corrected chi connectivity index (χ3v) is 5.48. The number of aliphatic hydroxyl groups excluding tert-OH is 4. The summed E-state index contributed by atoms with van der Waals surface area (Å²) in [5.41, 5.74) is 1.23. The first-order chi connectivity index (χ1) is 14.9. The van der Waals surface area contributed by atoms with Gasteiger partial charge in [-0.25, -0.2) is 0 Å². The predicted molar refractivity (Wildman–Crippen MR) is 106 cm³/mol. The van der Waals surface area contributed by atoms with Gasteiger partial charge in [0.05, 0.1) is 25.7 Å². The smallest absolute Gasteiger partial charge is 0.229 e. The molecule has 0 aliphatic carbocycles. The topological polar surface area (TPSA) is 135 Å². The number of hydrogen-bond donors (Lipinski definition) is 4. The number of ketones is 1. The van der Waals surface area contributed by atoms with E-state index in [9.17, 15) is 25.2 Å². The van der Waals surface area contributed by atoms with Crippen LogP contribution < -0.4 is 14.2 Å². The third kappa shape index (κ3) is 4.23. The monoisotopic (exact) mass is 432 g/mol. The Morgan fingerprint density at radius 2 is 1.71 bits per heavy atom. The van der Waals surface area contributed by atoms with Gasteiger partial charge in [0.2, 0.25) is 6.29 Å². The lowest BCUT2D eigenvalue weighted by molar-refractivity contribution is -0.277. The van der Waals surface area contributed by atoms with Gasteiger partial charge in [0, 0.05) is 6.07 Å². The number of carbonyl (C=O) groups excluding carboxylic acids is 1. The zero-order valence-corrected chi connectivity index (χ0v) is 16.7. The van der Waals surface area contributed by atoms with Crippen molar-refractivity contribution >= 4 is 5.78 Å². The largest absolute Gasteiger partial charge is 0.497 e. The Kier molecular flexibility index (Phi) is 6.12. The molecule has 0 aromatic heterocycles. The van der Waals surface area contributed by atoms with Crippen LogP contribution in [0.1, 0.15) is 28.4 Å². The van der Waals surface area contributed by atoms with Gasteiger partial charge in [0.1, 0.15) is 47.8 Å². The highest BCUT2D eigenvalue weighted by atomic mass is 16.7. The van der Waals surface area contributed by atoms with Crippen molar-refractivity contribution in [3.05, 3.63) is 53.6 Å². The molecule has 6 atom stereocenters. The van der Waals surface area contributed by atoms with Crippen molar-refractivity contribution < 1.29 is 44.2 Å². The fourth-order valence-corrected chi connectivity index (χ4v) is 3.68. The number of aliphatic hydroxyl groups is 4. The number of benzene rings is 2. The fourth-order valence-electron chi connectivity index (χ4n) is 3.68. The van der Waals surface area contributed by atoms with Crippen molar-refractivity contribution in [2.24, 2.45) is 0 Å². The van der Waals surface area contributed by atoms with Crippen LogP contribution in [-0.4, -0.2) is 70.6 Å². The molecule has 9 nitrogen and oxygen atoms in total. The minimum absolute atomic E-state index is 0.0820. The lowest BCUT2D eigenvalue weighted by Gasteiger charge is -2.39. The highest BCUT2D eigenvalue weighted by molar-refractivity contribution is 6.00. The Morgan fingerprint density at radius 3 is 2.39 bits per heavy atom. The Morgan fingerprint density at radius 1 is 1.00 bits per heavy atom. The van der Waals surface area contributed by atoms with Crippen LogP contribution in [0.25, 0.3) is 0 Å². The maximum absolute atomic E-state index is 12.6. The molecular weight excluding hydrogens is 408 g/mol. The average Bonchev–Trinajstić information content (AvgIpc) is 2.79. The van der Waals surface area contributed by atoms with Crippen LogP contribution in [-0.2, 0) is 4.74 Å². The average molecular weight is 432 g/mol. The quantitative estimate of drug-likeness (QED) is 0.535. The second-order valence-corrected chi connectivity index (χ2v) is 7.48. The Hall–Kier alpha value is -2.69. The van der Waals surface area contributed by atoms with Crippen LogP contribution in [0.4, 0.5) is 0 Å². The van der Waals surface area contributed by atoms with Crippen LogP contribution in [0.2, 0.25) is 0 Å². The first-order valence-corrected chi connectivity index (χ1v) is 9.86. The third-order valence-electron chi connectivity index (χ3n) is 5.48. The van der Waals surface area contributed by atoms with E-state index in [0.29, 0.717) is 17.1 Å². The van der Waals surface area contributed by atoms with Gasteiger partial charge >= 0.3 is 0 Å². The summed E-state index contributed by atoms with van der Waals surface area (Å²) in [4.78, 5) is 12.6. The summed E-state index contributed by atoms with van der Waals surface area (Å²) in [6, 6.07) is 11.8. The summed E-state index contributed by atoms with van der Waals surface area (Å²) in [6.07, 6.45) is -7.27. The molecule has 31 heavy (non-hydrogen) atoms. The van der Waals surface area contributed by atoms with Crippen molar-refractivity contribution in [3.8, 4) is 17.2 Å². The zero-order chi connectivity index (χ0) is 22.1. The molecule has 1 fully saturated rings. The molecule has 0 spiro atoms. The summed E-state index contributed by atoms with van der Waals surface area (Å²) in [5, 5.41) is 39.3. The highest BCUT2D eigenvalue weighted by Crippen LogP contribution is 2.38. The van der Waals surface area contributed by atoms with E-state index in [0.717, 1.165) is 5.56 Å². The molecule has 0 bridgehead atoms. The molecule has 0 amide bonds. The number of Topliss-reactive ketones (excluding diaryl/α,β-unsaturated/α-hetero) is 1. The molecule has 0 radical (unpaired) electrons. The number of carbonyl (C=O) groups is 1. The summed E-state index contributed by atoms with van der Waals surface area (Å²) >= 11 is 0. The molecule has 166 valence electrons. The number of ether oxygens (including phenoxy) is 4. The molecule has 2 heterocycles. The van der Waals surface area contributed by atoms with Crippen LogP contribution in [0.5, 0.6) is 17.2 Å². The lowest BCUT2D eigenvalue weighted by atomic mass is 9.96. The molecule has 2 aliphatic rings. The Balaban J connectivity index is 1.53. The lowest BCUT2D eigenvalue weighted by Crippen LogP contribution is -2.60. The number of methoxy groups -OCH3 is 1. The molecule has 9 heteroatoms. The maximum Gasteiger partial charge on any atom is 0.229 e. The summed E-state index contributed by atoms with van der Waals surface area (Å²) in [7, 11) is 1.57. The van der Waals surface area contributed by atoms with Crippen LogP contribution in [0.3, 0.4) is 0 Å². The number of rotatable bonds is 5. The van der Waals surface area contributed by atoms with Gasteiger partial charge in [-0.15, -0.1) is 0 Å². The van der Waals surface area contributed by atoms with E-state index in [-0.39, 0.29) is 18.0 Å². The van der Waals surface area contributed by atoms with E-state index in [1.54, 1.807) is 25.3 Å². The molecular formula is C22H24O9. The van der Waals surface area contributed by atoms with E-state index in [2.05, 4.69) is 0 Å². The molecule has 2 aromatic rings. The van der Waals surface area contributed by atoms with Crippen molar-refractivity contribution in [3.63, 3.8) is 0 Å². The first-order valence-electron chi connectivity index (χ1n) is 9.86. The van der Waals surface area contributed by atoms with Crippen LogP contribution >= 0.6 is 0 Å². The van der Waals surface area contributed by atoms with Gasteiger partial charge in [0.25, 0.3) is 0 Å². The van der Waals surface area contributed by atoms with Gasteiger partial charge in [-0.05, 0) is 29.8 Å². The number of fused-ring (bicyclic) bond motifs is 1. The summed E-state index contributed by atoms with van der Waals surface area (Å²) in [6.45, 7) is -0.559. The SMILES string of the molecule is COc1ccc(C2CC(=O)c3ccc(OC4OC(CO)C(O)C(O)C4O)cc3O2)cc1. The van der Waals surface area contributed by atoms with Crippen molar-refractivity contribution in [2.75, 3.05) is 13.7 Å². The second kappa shape index (κ2) is 8.81. The molecule has 0 saturated carbocycles. The van der Waals surface area contributed by atoms with Crippen molar-refractivity contribution in [1.29, 1.82) is 0 Å². The van der Waals surface area contributed by atoms with E-state index >= 15 is 0 Å². The Labute approximate surface area is 178 Å². The van der Waals surface area contributed by atoms with E-state index in [1.807, 2.05) is 12.1 Å². The summed E-state index contributed by atoms with van der Waals surface area (Å²) in [5.74, 6) is 1.16. The minimum atomic E-state index is -1.55. The van der Waals surface area contributed by atoms with E-state index in [4.69, 9.17) is 18.9 Å². The van der Waals surface area contributed by atoms with Crippen molar-refractivity contribution in [2.45, 2.75) is 43.2 Å². The fraction of sp³-hybridized carbons (Fsp3) is 0.409. The molecule has 6 unspecified atom stereocenters. The normalized spacial score (nSPS) is 30.3. The zero-order valence-electron chi connectivity index (χ0n) is 16.7. The minimum Gasteiger partial charge on any atom is -0.497 e. The van der Waals surface area contributed by atoms with E-state index in [1.165, 1.54) is 12.1 Å². The molecule has 1 saturated heterocycles. The Bertz CT molecular complexity index is 927. The predicted octanol–water partition coefficient (Wildman–Crippen LogP) is 0.580. The molecule has 2 aliphatic heterocycles. The number of hydrogen-bond acceptors (Lipinski definition) is 9.